The van der Waals surface area contributed by atoms with Crippen molar-refractivity contribution in [1.82, 2.24) is 9.80 Å². The number of hydrogen-bond acceptors (Lipinski definition) is 3. The molecule has 0 unspecified atom stereocenters. The first-order valence-corrected chi connectivity index (χ1v) is 8.86. The van der Waals surface area contributed by atoms with Crippen LogP contribution in [0.25, 0.3) is 0 Å². The maximum atomic E-state index is 2.60. The van der Waals surface area contributed by atoms with Gasteiger partial charge >= 0.3 is 0 Å². The van der Waals surface area contributed by atoms with E-state index in [1.807, 2.05) is 0 Å². The highest BCUT2D eigenvalue weighted by molar-refractivity contribution is 5.48. The Labute approximate surface area is 136 Å². The van der Waals surface area contributed by atoms with Gasteiger partial charge in [0, 0.05) is 45.0 Å². The van der Waals surface area contributed by atoms with Gasteiger partial charge < -0.3 is 9.80 Å². The van der Waals surface area contributed by atoms with E-state index in [0.29, 0.717) is 5.92 Å². The molecule has 0 aromatic heterocycles. The Hall–Kier alpha value is -1.06. The number of piperazine rings is 1. The van der Waals surface area contributed by atoms with Crippen molar-refractivity contribution in [2.45, 2.75) is 33.1 Å². The first-order valence-electron chi connectivity index (χ1n) is 8.86. The molecule has 0 saturated carbocycles. The fraction of sp³-hybridized carbons (Fsp3) is 0.684. The fourth-order valence-electron chi connectivity index (χ4n) is 3.11. The van der Waals surface area contributed by atoms with Gasteiger partial charge in [-0.1, -0.05) is 32.9 Å². The van der Waals surface area contributed by atoms with E-state index in [0.717, 1.165) is 13.1 Å². The van der Waals surface area contributed by atoms with Crippen molar-refractivity contribution >= 4 is 5.69 Å². The van der Waals surface area contributed by atoms with Gasteiger partial charge in [-0.25, -0.2) is 0 Å². The molecule has 1 fully saturated rings. The van der Waals surface area contributed by atoms with E-state index in [1.54, 1.807) is 0 Å². The summed E-state index contributed by atoms with van der Waals surface area (Å²) in [6.07, 6.45) is 1.25. The largest absolute Gasteiger partial charge is 0.369 e. The second kappa shape index (κ2) is 8.54. The molecular formula is C19H33N3. The zero-order valence-electron chi connectivity index (χ0n) is 14.9. The number of hydrogen-bond donors (Lipinski definition) is 0. The molecular weight excluding hydrogens is 270 g/mol. The van der Waals surface area contributed by atoms with Gasteiger partial charge in [0.2, 0.25) is 0 Å². The topological polar surface area (TPSA) is 9.72 Å². The summed E-state index contributed by atoms with van der Waals surface area (Å²) in [6, 6.07) is 9.15. The summed E-state index contributed by atoms with van der Waals surface area (Å²) in [5.41, 5.74) is 2.81. The molecule has 22 heavy (non-hydrogen) atoms. The van der Waals surface area contributed by atoms with Gasteiger partial charge in [0.1, 0.15) is 0 Å². The molecule has 3 heteroatoms. The van der Waals surface area contributed by atoms with Crippen LogP contribution >= 0.6 is 0 Å². The molecule has 0 N–H and O–H groups in total. The third-order valence-electron chi connectivity index (χ3n) is 4.70. The Kier molecular flexibility index (Phi) is 6.71. The number of benzene rings is 1. The summed E-state index contributed by atoms with van der Waals surface area (Å²) in [7, 11) is 2.23. The van der Waals surface area contributed by atoms with Crippen LogP contribution in [0.15, 0.2) is 24.3 Å². The van der Waals surface area contributed by atoms with Crippen molar-refractivity contribution < 1.29 is 0 Å². The van der Waals surface area contributed by atoms with E-state index in [2.05, 4.69) is 66.8 Å². The molecule has 0 amide bonds. The first-order chi connectivity index (χ1) is 10.6. The Morgan fingerprint density at radius 2 is 1.64 bits per heavy atom. The minimum absolute atomic E-state index is 0.617. The van der Waals surface area contributed by atoms with E-state index in [9.17, 15) is 0 Å². The van der Waals surface area contributed by atoms with Crippen molar-refractivity contribution in [1.29, 1.82) is 0 Å². The van der Waals surface area contributed by atoms with E-state index in [-0.39, 0.29) is 0 Å². The second-order valence-electron chi connectivity index (χ2n) is 6.88. The third kappa shape index (κ3) is 4.99. The van der Waals surface area contributed by atoms with Crippen LogP contribution in [0.4, 0.5) is 5.69 Å². The molecule has 1 saturated heterocycles. The van der Waals surface area contributed by atoms with Crippen LogP contribution < -0.4 is 4.90 Å². The standard InChI is InChI=1S/C19H33N3/c1-5-10-20(4)11-12-21-13-15-22(16-14-21)19-8-6-18(7-9-19)17(2)3/h6-9,17H,5,10-16H2,1-4H3. The molecule has 1 aromatic carbocycles. The average Bonchev–Trinajstić information content (AvgIpc) is 2.54. The highest BCUT2D eigenvalue weighted by atomic mass is 15.3. The smallest absolute Gasteiger partial charge is 0.0367 e. The maximum absolute atomic E-state index is 2.60. The average molecular weight is 303 g/mol. The summed E-state index contributed by atoms with van der Waals surface area (Å²) in [5.74, 6) is 0.617. The van der Waals surface area contributed by atoms with Crippen LogP contribution in [0.5, 0.6) is 0 Å². The molecule has 0 bridgehead atoms. The van der Waals surface area contributed by atoms with E-state index in [1.165, 1.54) is 50.4 Å². The lowest BCUT2D eigenvalue weighted by molar-refractivity contribution is 0.216. The maximum Gasteiger partial charge on any atom is 0.0367 e. The molecule has 0 radical (unpaired) electrons. The Balaban J connectivity index is 1.77. The van der Waals surface area contributed by atoms with E-state index in [4.69, 9.17) is 0 Å². The van der Waals surface area contributed by atoms with Gasteiger partial charge in [-0.05, 0) is 43.6 Å². The van der Waals surface area contributed by atoms with Crippen molar-refractivity contribution in [2.24, 2.45) is 0 Å². The predicted octanol–water partition coefficient (Wildman–Crippen LogP) is 3.27. The van der Waals surface area contributed by atoms with Gasteiger partial charge in [0.05, 0.1) is 0 Å². The minimum atomic E-state index is 0.617. The molecule has 124 valence electrons. The second-order valence-corrected chi connectivity index (χ2v) is 6.88. The van der Waals surface area contributed by atoms with Crippen LogP contribution in [0.3, 0.4) is 0 Å². The fourth-order valence-corrected chi connectivity index (χ4v) is 3.11. The highest BCUT2D eigenvalue weighted by Crippen LogP contribution is 2.21. The summed E-state index contributed by atoms with van der Waals surface area (Å²) in [5, 5.41) is 0. The van der Waals surface area contributed by atoms with Crippen LogP contribution in [0, 0.1) is 0 Å². The molecule has 1 aliphatic heterocycles. The van der Waals surface area contributed by atoms with Crippen molar-refractivity contribution in [3.8, 4) is 0 Å². The summed E-state index contributed by atoms with van der Waals surface area (Å²) >= 11 is 0. The Bertz CT molecular complexity index is 419. The zero-order valence-corrected chi connectivity index (χ0v) is 14.9. The molecule has 1 heterocycles. The number of anilines is 1. The van der Waals surface area contributed by atoms with E-state index < -0.39 is 0 Å². The van der Waals surface area contributed by atoms with Crippen molar-refractivity contribution in [3.05, 3.63) is 29.8 Å². The van der Waals surface area contributed by atoms with Crippen molar-refractivity contribution in [2.75, 3.05) is 57.8 Å². The minimum Gasteiger partial charge on any atom is -0.369 e. The molecule has 2 rings (SSSR count). The van der Waals surface area contributed by atoms with Crippen LogP contribution in [0.2, 0.25) is 0 Å². The van der Waals surface area contributed by atoms with Gasteiger partial charge in [-0.2, -0.15) is 0 Å². The normalized spacial score (nSPS) is 16.7. The monoisotopic (exact) mass is 303 g/mol. The lowest BCUT2D eigenvalue weighted by Crippen LogP contribution is -2.48. The van der Waals surface area contributed by atoms with Gasteiger partial charge in [-0.3, -0.25) is 4.90 Å². The zero-order chi connectivity index (χ0) is 15.9. The SMILES string of the molecule is CCCN(C)CCN1CCN(c2ccc(C(C)C)cc2)CC1. The third-order valence-corrected chi connectivity index (χ3v) is 4.70. The molecule has 3 nitrogen and oxygen atoms in total. The number of nitrogens with zero attached hydrogens (tertiary/aromatic N) is 3. The van der Waals surface area contributed by atoms with Gasteiger partial charge in [0.25, 0.3) is 0 Å². The molecule has 1 aromatic rings. The molecule has 0 spiro atoms. The highest BCUT2D eigenvalue weighted by Gasteiger charge is 2.17. The quantitative estimate of drug-likeness (QED) is 0.765. The number of likely N-dealkylation sites (N-methyl/N-ethyl adjacent to an activating group) is 1. The molecule has 0 aliphatic carbocycles. The van der Waals surface area contributed by atoms with Crippen LogP contribution in [-0.2, 0) is 0 Å². The van der Waals surface area contributed by atoms with Crippen molar-refractivity contribution in [3.63, 3.8) is 0 Å². The summed E-state index contributed by atoms with van der Waals surface area (Å²) in [4.78, 5) is 7.57. The lowest BCUT2D eigenvalue weighted by atomic mass is 10.0. The van der Waals surface area contributed by atoms with Gasteiger partial charge in [0.15, 0.2) is 0 Å². The van der Waals surface area contributed by atoms with Crippen LogP contribution in [-0.4, -0.2) is 62.7 Å². The molecule has 1 aliphatic rings. The lowest BCUT2D eigenvalue weighted by Gasteiger charge is -2.36. The number of rotatable bonds is 7. The van der Waals surface area contributed by atoms with Gasteiger partial charge in [-0.15, -0.1) is 0 Å². The predicted molar refractivity (Wildman–Crippen MR) is 97.0 cm³/mol. The summed E-state index contributed by atoms with van der Waals surface area (Å²) in [6.45, 7) is 15.0. The summed E-state index contributed by atoms with van der Waals surface area (Å²) < 4.78 is 0. The molecule has 0 atom stereocenters. The van der Waals surface area contributed by atoms with E-state index >= 15 is 0 Å². The first kappa shape index (κ1) is 17.3. The Morgan fingerprint density at radius 1 is 1.00 bits per heavy atom. The Morgan fingerprint density at radius 3 is 2.18 bits per heavy atom. The van der Waals surface area contributed by atoms with Crippen LogP contribution in [0.1, 0.15) is 38.7 Å².